The Balaban J connectivity index is 2.08. The lowest BCUT2D eigenvalue weighted by molar-refractivity contribution is 0.502. The molecule has 0 spiro atoms. The molecule has 3 rings (SSSR count). The number of nitrogens with zero attached hydrogens (tertiary/aromatic N) is 2. The van der Waals surface area contributed by atoms with Crippen molar-refractivity contribution < 1.29 is 0 Å². The number of fused-ring (bicyclic) bond motifs is 1. The van der Waals surface area contributed by atoms with Crippen LogP contribution in [0.25, 0.3) is 11.0 Å². The maximum atomic E-state index is 6.00. The topological polar surface area (TPSA) is 17.8 Å². The van der Waals surface area contributed by atoms with Gasteiger partial charge in [0, 0.05) is 23.6 Å². The van der Waals surface area contributed by atoms with Gasteiger partial charge in [0.25, 0.3) is 0 Å². The quantitative estimate of drug-likeness (QED) is 0.736. The van der Waals surface area contributed by atoms with Gasteiger partial charge in [0.05, 0.1) is 11.0 Å². The molecule has 0 radical (unpaired) electrons. The fourth-order valence-corrected chi connectivity index (χ4v) is 4.72. The highest BCUT2D eigenvalue weighted by molar-refractivity contribution is 8.00. The number of hydrogen-bond acceptors (Lipinski definition) is 2. The van der Waals surface area contributed by atoms with Crippen molar-refractivity contribution in [3.8, 4) is 0 Å². The van der Waals surface area contributed by atoms with E-state index in [1.54, 1.807) is 0 Å². The van der Waals surface area contributed by atoms with Crippen LogP contribution in [0.15, 0.2) is 18.2 Å². The van der Waals surface area contributed by atoms with Crippen molar-refractivity contribution in [2.24, 2.45) is 0 Å². The van der Waals surface area contributed by atoms with E-state index in [9.17, 15) is 0 Å². The van der Waals surface area contributed by atoms with Crippen LogP contribution in [0.4, 0.5) is 0 Å². The summed E-state index contributed by atoms with van der Waals surface area (Å²) in [6.45, 7) is 3.26. The van der Waals surface area contributed by atoms with E-state index in [0.717, 1.165) is 24.3 Å². The molecule has 1 heterocycles. The molecule has 1 aliphatic carbocycles. The summed E-state index contributed by atoms with van der Waals surface area (Å²) >= 11 is 8.04. The Labute approximate surface area is 136 Å². The van der Waals surface area contributed by atoms with Crippen molar-refractivity contribution in [3.05, 3.63) is 29.6 Å². The van der Waals surface area contributed by atoms with E-state index in [1.165, 1.54) is 36.8 Å². The SMILES string of the molecule is CSC1(Cn2c(CCCl)nc3cccc(C)c32)CCCC1. The second-order valence-electron chi connectivity index (χ2n) is 6.09. The molecule has 0 N–H and O–H groups in total. The van der Waals surface area contributed by atoms with E-state index in [0.29, 0.717) is 10.6 Å². The molecule has 2 nitrogen and oxygen atoms in total. The number of halogens is 1. The van der Waals surface area contributed by atoms with Crippen molar-refractivity contribution in [2.75, 3.05) is 12.1 Å². The molecule has 4 heteroatoms. The number of aromatic nitrogens is 2. The van der Waals surface area contributed by atoms with Crippen LogP contribution < -0.4 is 0 Å². The van der Waals surface area contributed by atoms with Gasteiger partial charge in [0.1, 0.15) is 5.82 Å². The lowest BCUT2D eigenvalue weighted by Gasteiger charge is -2.28. The lowest BCUT2D eigenvalue weighted by Crippen LogP contribution is -2.28. The molecule has 0 bridgehead atoms. The molecule has 21 heavy (non-hydrogen) atoms. The first-order chi connectivity index (χ1) is 10.2. The van der Waals surface area contributed by atoms with Crippen LogP contribution in [0.2, 0.25) is 0 Å². The van der Waals surface area contributed by atoms with Crippen LogP contribution in [0.5, 0.6) is 0 Å². The highest BCUT2D eigenvalue weighted by Gasteiger charge is 2.34. The van der Waals surface area contributed by atoms with Gasteiger partial charge in [-0.25, -0.2) is 4.98 Å². The first-order valence-corrected chi connectivity index (χ1v) is 9.51. The van der Waals surface area contributed by atoms with E-state index < -0.39 is 0 Å². The molecule has 1 aromatic heterocycles. The summed E-state index contributed by atoms with van der Waals surface area (Å²) in [7, 11) is 0. The molecule has 2 aromatic rings. The van der Waals surface area contributed by atoms with Gasteiger partial charge >= 0.3 is 0 Å². The number of rotatable bonds is 5. The minimum Gasteiger partial charge on any atom is -0.326 e. The van der Waals surface area contributed by atoms with Gasteiger partial charge in [-0.3, -0.25) is 0 Å². The molecule has 114 valence electrons. The van der Waals surface area contributed by atoms with E-state index >= 15 is 0 Å². The van der Waals surface area contributed by atoms with Gasteiger partial charge in [0.15, 0.2) is 0 Å². The molecule has 0 atom stereocenters. The third-order valence-corrected chi connectivity index (χ3v) is 6.35. The normalized spacial score (nSPS) is 17.7. The fraction of sp³-hybridized carbons (Fsp3) is 0.588. The van der Waals surface area contributed by atoms with Crippen LogP contribution in [0.3, 0.4) is 0 Å². The monoisotopic (exact) mass is 322 g/mol. The third kappa shape index (κ3) is 2.83. The highest BCUT2D eigenvalue weighted by Crippen LogP contribution is 2.42. The number of aryl methyl sites for hydroxylation is 2. The predicted octanol–water partition coefficient (Wildman–Crippen LogP) is 4.80. The number of alkyl halides is 1. The van der Waals surface area contributed by atoms with Crippen LogP contribution >= 0.6 is 23.4 Å². The van der Waals surface area contributed by atoms with Crippen molar-refractivity contribution in [1.82, 2.24) is 9.55 Å². The van der Waals surface area contributed by atoms with Gasteiger partial charge in [0.2, 0.25) is 0 Å². The summed E-state index contributed by atoms with van der Waals surface area (Å²) in [6, 6.07) is 6.40. The Morgan fingerprint density at radius 3 is 2.76 bits per heavy atom. The molecule has 0 unspecified atom stereocenters. The van der Waals surface area contributed by atoms with Crippen LogP contribution in [-0.2, 0) is 13.0 Å². The minimum atomic E-state index is 0.386. The van der Waals surface area contributed by atoms with Crippen molar-refractivity contribution >= 4 is 34.4 Å². The zero-order valence-electron chi connectivity index (χ0n) is 12.9. The molecular formula is C17H23ClN2S. The molecule has 0 saturated heterocycles. The summed E-state index contributed by atoms with van der Waals surface area (Å²) < 4.78 is 2.84. The lowest BCUT2D eigenvalue weighted by atomic mass is 10.1. The van der Waals surface area contributed by atoms with Crippen molar-refractivity contribution in [1.29, 1.82) is 0 Å². The van der Waals surface area contributed by atoms with Crippen LogP contribution in [0, 0.1) is 6.92 Å². The maximum Gasteiger partial charge on any atom is 0.111 e. The van der Waals surface area contributed by atoms with Gasteiger partial charge in [-0.2, -0.15) is 11.8 Å². The average Bonchev–Trinajstić information content (AvgIpc) is 3.07. The standard InChI is InChI=1S/C17H23ClN2S/c1-13-6-5-7-14-16(13)20(15(19-14)8-11-18)12-17(21-2)9-3-4-10-17/h5-7H,3-4,8-12H2,1-2H3. The van der Waals surface area contributed by atoms with E-state index in [1.807, 2.05) is 11.8 Å². The Bertz CT molecular complexity index is 629. The predicted molar refractivity (Wildman–Crippen MR) is 93.6 cm³/mol. The third-order valence-electron chi connectivity index (χ3n) is 4.76. The zero-order chi connectivity index (χ0) is 14.9. The van der Waals surface area contributed by atoms with Gasteiger partial charge in [-0.05, 0) is 37.7 Å². The Kier molecular flexibility index (Phi) is 4.51. The summed E-state index contributed by atoms with van der Waals surface area (Å²) in [4.78, 5) is 4.84. The van der Waals surface area contributed by atoms with Crippen LogP contribution in [0.1, 0.15) is 37.1 Å². The van der Waals surface area contributed by atoms with Gasteiger partial charge in [-0.1, -0.05) is 25.0 Å². The second kappa shape index (κ2) is 6.21. The zero-order valence-corrected chi connectivity index (χ0v) is 14.4. The first kappa shape index (κ1) is 15.2. The number of hydrogen-bond donors (Lipinski definition) is 0. The molecule has 1 aromatic carbocycles. The molecule has 0 aliphatic heterocycles. The molecule has 1 saturated carbocycles. The fourth-order valence-electron chi connectivity index (χ4n) is 3.59. The van der Waals surface area contributed by atoms with Crippen molar-refractivity contribution in [2.45, 2.75) is 50.3 Å². The van der Waals surface area contributed by atoms with E-state index in [4.69, 9.17) is 16.6 Å². The number of thioether (sulfide) groups is 1. The number of imidazole rings is 1. The molecule has 1 fully saturated rings. The van der Waals surface area contributed by atoms with Gasteiger partial charge < -0.3 is 4.57 Å². The molecular weight excluding hydrogens is 300 g/mol. The second-order valence-corrected chi connectivity index (χ2v) is 7.74. The average molecular weight is 323 g/mol. The molecule has 0 amide bonds. The summed E-state index contributed by atoms with van der Waals surface area (Å²) in [5, 5.41) is 0. The number of benzene rings is 1. The van der Waals surface area contributed by atoms with Gasteiger partial charge in [-0.15, -0.1) is 11.6 Å². The number of para-hydroxylation sites is 1. The Hall–Kier alpha value is -0.670. The minimum absolute atomic E-state index is 0.386. The van der Waals surface area contributed by atoms with E-state index in [2.05, 4.69) is 35.9 Å². The summed E-state index contributed by atoms with van der Waals surface area (Å²) in [5.74, 6) is 1.78. The highest BCUT2D eigenvalue weighted by atomic mass is 35.5. The van der Waals surface area contributed by atoms with Crippen LogP contribution in [-0.4, -0.2) is 26.4 Å². The summed E-state index contributed by atoms with van der Waals surface area (Å²) in [6.07, 6.45) is 8.47. The maximum absolute atomic E-state index is 6.00. The van der Waals surface area contributed by atoms with Crippen molar-refractivity contribution in [3.63, 3.8) is 0 Å². The largest absolute Gasteiger partial charge is 0.326 e. The Morgan fingerprint density at radius 1 is 1.33 bits per heavy atom. The van der Waals surface area contributed by atoms with E-state index in [-0.39, 0.29) is 0 Å². The summed E-state index contributed by atoms with van der Waals surface area (Å²) in [5.41, 5.74) is 3.73. The Morgan fingerprint density at radius 2 is 2.10 bits per heavy atom. The first-order valence-electron chi connectivity index (χ1n) is 7.75. The smallest absolute Gasteiger partial charge is 0.111 e. The molecule has 1 aliphatic rings.